The van der Waals surface area contributed by atoms with Crippen LogP contribution in [-0.2, 0) is 27.0 Å². The molecular formula is C14H14N4O4S2. The minimum atomic E-state index is -3.69. The van der Waals surface area contributed by atoms with Crippen LogP contribution in [0.25, 0.3) is 11.0 Å². The number of para-hydroxylation sites is 1. The fourth-order valence-electron chi connectivity index (χ4n) is 2.08. The summed E-state index contributed by atoms with van der Waals surface area (Å²) in [6.45, 7) is 0. The van der Waals surface area contributed by atoms with Crippen molar-refractivity contribution >= 4 is 43.4 Å². The van der Waals surface area contributed by atoms with Crippen molar-refractivity contribution in [2.75, 3.05) is 11.8 Å². The normalized spacial score (nSPS) is 11.5. The molecule has 0 atom stereocenters. The van der Waals surface area contributed by atoms with E-state index in [1.807, 2.05) is 0 Å². The molecule has 0 radical (unpaired) electrons. The minimum absolute atomic E-state index is 0.0999. The standard InChI is InChI=1S/C14H14N4O4S2/c1-15-13(19)6-9-7-23-14(16-9)18-24(20,21)8-11-10-4-2-3-5-12(10)22-17-11/h2-5,7H,6,8H2,1H3,(H,15,19)(H,16,18). The Kier molecular flexibility index (Phi) is 4.49. The van der Waals surface area contributed by atoms with Crippen LogP contribution in [0.1, 0.15) is 11.4 Å². The smallest absolute Gasteiger partial charge is 0.240 e. The Hall–Kier alpha value is -2.46. The topological polar surface area (TPSA) is 114 Å². The molecule has 0 saturated heterocycles. The van der Waals surface area contributed by atoms with Gasteiger partial charge in [-0.25, -0.2) is 13.4 Å². The number of anilines is 1. The monoisotopic (exact) mass is 366 g/mol. The first kappa shape index (κ1) is 16.4. The van der Waals surface area contributed by atoms with Crippen LogP contribution in [0.3, 0.4) is 0 Å². The summed E-state index contributed by atoms with van der Waals surface area (Å²) >= 11 is 1.12. The number of nitrogens with one attached hydrogen (secondary N) is 2. The lowest BCUT2D eigenvalue weighted by Gasteiger charge is -2.03. The molecule has 0 saturated carbocycles. The molecule has 126 valence electrons. The molecule has 0 fully saturated rings. The third-order valence-corrected chi connectivity index (χ3v) is 5.29. The quantitative estimate of drug-likeness (QED) is 0.683. The number of carbonyl (C=O) groups is 1. The maximum atomic E-state index is 12.3. The van der Waals surface area contributed by atoms with Gasteiger partial charge < -0.3 is 9.84 Å². The van der Waals surface area contributed by atoms with Crippen molar-refractivity contribution in [1.82, 2.24) is 15.5 Å². The SMILES string of the molecule is CNC(=O)Cc1csc(NS(=O)(=O)Cc2noc3ccccc23)n1. The summed E-state index contributed by atoms with van der Waals surface area (Å²) in [6, 6.07) is 7.04. The van der Waals surface area contributed by atoms with Crippen molar-refractivity contribution in [3.8, 4) is 0 Å². The molecule has 0 aliphatic heterocycles. The van der Waals surface area contributed by atoms with Crippen molar-refractivity contribution in [3.05, 3.63) is 41.0 Å². The first-order valence-electron chi connectivity index (χ1n) is 6.95. The van der Waals surface area contributed by atoms with Crippen LogP contribution >= 0.6 is 11.3 Å². The lowest BCUT2D eigenvalue weighted by molar-refractivity contribution is -0.120. The molecule has 3 aromatic rings. The van der Waals surface area contributed by atoms with Gasteiger partial charge in [0.1, 0.15) is 11.4 Å². The summed E-state index contributed by atoms with van der Waals surface area (Å²) < 4.78 is 32.1. The average molecular weight is 366 g/mol. The summed E-state index contributed by atoms with van der Waals surface area (Å²) in [5, 5.41) is 8.80. The molecule has 10 heteroatoms. The average Bonchev–Trinajstić information content (AvgIpc) is 3.14. The van der Waals surface area contributed by atoms with Gasteiger partial charge in [0.05, 0.1) is 12.1 Å². The molecule has 24 heavy (non-hydrogen) atoms. The molecule has 3 rings (SSSR count). The van der Waals surface area contributed by atoms with Gasteiger partial charge in [0.15, 0.2) is 10.7 Å². The van der Waals surface area contributed by atoms with E-state index in [-0.39, 0.29) is 23.2 Å². The van der Waals surface area contributed by atoms with Gasteiger partial charge in [0.2, 0.25) is 15.9 Å². The maximum Gasteiger partial charge on any atom is 0.240 e. The number of rotatable bonds is 6. The Morgan fingerprint density at radius 2 is 2.12 bits per heavy atom. The van der Waals surface area contributed by atoms with Gasteiger partial charge in [-0.1, -0.05) is 17.3 Å². The molecule has 0 aliphatic rings. The zero-order chi connectivity index (χ0) is 17.2. The molecule has 1 aromatic carbocycles. The third kappa shape index (κ3) is 3.71. The van der Waals surface area contributed by atoms with Crippen LogP contribution in [0, 0.1) is 0 Å². The van der Waals surface area contributed by atoms with Crippen molar-refractivity contribution in [3.63, 3.8) is 0 Å². The van der Waals surface area contributed by atoms with Crippen molar-refractivity contribution in [1.29, 1.82) is 0 Å². The fourth-order valence-corrected chi connectivity index (χ4v) is 4.16. The molecule has 2 N–H and O–H groups in total. The summed E-state index contributed by atoms with van der Waals surface area (Å²) in [5.74, 6) is -0.516. The Bertz CT molecular complexity index is 977. The summed E-state index contributed by atoms with van der Waals surface area (Å²) in [4.78, 5) is 15.4. The number of thiazole rings is 1. The molecule has 0 unspecified atom stereocenters. The van der Waals surface area contributed by atoms with Gasteiger partial charge in [-0.2, -0.15) is 0 Å². The van der Waals surface area contributed by atoms with Crippen molar-refractivity contribution in [2.24, 2.45) is 0 Å². The Morgan fingerprint density at radius 1 is 1.33 bits per heavy atom. The zero-order valence-corrected chi connectivity index (χ0v) is 14.3. The van der Waals surface area contributed by atoms with Gasteiger partial charge in [0.25, 0.3) is 0 Å². The molecule has 8 nitrogen and oxygen atoms in total. The fraction of sp³-hybridized carbons (Fsp3) is 0.214. The second kappa shape index (κ2) is 6.57. The lowest BCUT2D eigenvalue weighted by Crippen LogP contribution is -2.20. The molecule has 1 amide bonds. The molecule has 2 heterocycles. The van der Waals surface area contributed by atoms with Crippen LogP contribution in [0.5, 0.6) is 0 Å². The number of amides is 1. The first-order chi connectivity index (χ1) is 11.5. The number of likely N-dealkylation sites (N-methyl/N-ethyl adjacent to an activating group) is 1. The first-order valence-corrected chi connectivity index (χ1v) is 9.49. The van der Waals surface area contributed by atoms with E-state index >= 15 is 0 Å². The van der Waals surface area contributed by atoms with Crippen LogP contribution in [0.4, 0.5) is 5.13 Å². The van der Waals surface area contributed by atoms with E-state index in [0.717, 1.165) is 11.3 Å². The number of hydrogen-bond acceptors (Lipinski definition) is 7. The van der Waals surface area contributed by atoms with E-state index < -0.39 is 10.0 Å². The summed E-state index contributed by atoms with van der Waals surface area (Å²) in [6.07, 6.45) is 0.0999. The van der Waals surface area contributed by atoms with Gasteiger partial charge in [-0.3, -0.25) is 9.52 Å². The Morgan fingerprint density at radius 3 is 2.92 bits per heavy atom. The highest BCUT2D eigenvalue weighted by atomic mass is 32.2. The minimum Gasteiger partial charge on any atom is -0.359 e. The van der Waals surface area contributed by atoms with Gasteiger partial charge in [-0.15, -0.1) is 11.3 Å². The summed E-state index contributed by atoms with van der Waals surface area (Å²) in [5.41, 5.74) is 1.37. The zero-order valence-electron chi connectivity index (χ0n) is 12.6. The maximum absolute atomic E-state index is 12.3. The number of benzene rings is 1. The van der Waals surface area contributed by atoms with E-state index in [1.165, 1.54) is 7.05 Å². The number of aromatic nitrogens is 2. The lowest BCUT2D eigenvalue weighted by atomic mass is 10.2. The van der Waals surface area contributed by atoms with E-state index in [2.05, 4.69) is 20.2 Å². The van der Waals surface area contributed by atoms with Gasteiger partial charge >= 0.3 is 0 Å². The molecule has 0 bridgehead atoms. The van der Waals surface area contributed by atoms with Crippen LogP contribution in [-0.4, -0.2) is 31.5 Å². The largest absolute Gasteiger partial charge is 0.359 e. The van der Waals surface area contributed by atoms with Crippen LogP contribution in [0.2, 0.25) is 0 Å². The number of sulfonamides is 1. The number of nitrogens with zero attached hydrogens (tertiary/aromatic N) is 2. The van der Waals surface area contributed by atoms with Crippen molar-refractivity contribution in [2.45, 2.75) is 12.2 Å². The molecule has 0 aliphatic carbocycles. The van der Waals surface area contributed by atoms with E-state index in [4.69, 9.17) is 4.52 Å². The third-order valence-electron chi connectivity index (χ3n) is 3.19. The Balaban J connectivity index is 1.73. The molecule has 0 spiro atoms. The Labute approximate surface area is 141 Å². The molecular weight excluding hydrogens is 352 g/mol. The van der Waals surface area contributed by atoms with Gasteiger partial charge in [-0.05, 0) is 12.1 Å². The highest BCUT2D eigenvalue weighted by molar-refractivity contribution is 7.92. The van der Waals surface area contributed by atoms with Crippen LogP contribution < -0.4 is 10.0 Å². The van der Waals surface area contributed by atoms with E-state index in [9.17, 15) is 13.2 Å². The highest BCUT2D eigenvalue weighted by Crippen LogP contribution is 2.22. The van der Waals surface area contributed by atoms with Crippen molar-refractivity contribution < 1.29 is 17.7 Å². The second-order valence-electron chi connectivity index (χ2n) is 4.98. The number of hydrogen-bond donors (Lipinski definition) is 2. The number of fused-ring (bicyclic) bond motifs is 1. The van der Waals surface area contributed by atoms with Gasteiger partial charge in [0, 0.05) is 17.8 Å². The van der Waals surface area contributed by atoms with Crippen LogP contribution in [0.15, 0.2) is 34.2 Å². The second-order valence-corrected chi connectivity index (χ2v) is 7.56. The number of carbonyl (C=O) groups excluding carboxylic acids is 1. The van der Waals surface area contributed by atoms with E-state index in [1.54, 1.807) is 29.6 Å². The molecule has 2 aromatic heterocycles. The predicted molar refractivity (Wildman–Crippen MR) is 90.1 cm³/mol. The highest BCUT2D eigenvalue weighted by Gasteiger charge is 2.19. The van der Waals surface area contributed by atoms with E-state index in [0.29, 0.717) is 22.4 Å². The summed E-state index contributed by atoms with van der Waals surface area (Å²) in [7, 11) is -2.17. The predicted octanol–water partition coefficient (Wildman–Crippen LogP) is 1.51.